The van der Waals surface area contributed by atoms with Gasteiger partial charge in [-0.15, -0.1) is 5.10 Å². The molecule has 0 aliphatic carbocycles. The maximum absolute atomic E-state index is 14.1. The molecule has 28 heavy (non-hydrogen) atoms. The van der Waals surface area contributed by atoms with Crippen molar-refractivity contribution in [2.75, 3.05) is 11.1 Å². The molecule has 0 bridgehead atoms. The first-order chi connectivity index (χ1) is 13.3. The maximum atomic E-state index is 14.1. The molecule has 1 aliphatic heterocycles. The molecule has 1 unspecified atom stereocenters. The van der Waals surface area contributed by atoms with Crippen LogP contribution in [0.1, 0.15) is 17.4 Å². The molecule has 0 fully saturated rings. The normalized spacial score (nSPS) is 17.1. The van der Waals surface area contributed by atoms with Crippen molar-refractivity contribution in [3.8, 4) is 5.69 Å². The van der Waals surface area contributed by atoms with E-state index in [4.69, 9.17) is 0 Å². The topological polar surface area (TPSA) is 119 Å². The maximum Gasteiger partial charge on any atom is 0.319 e. The Balaban J connectivity index is 1.53. The largest absolute Gasteiger partial charge is 0.330 e. The molecule has 0 radical (unpaired) electrons. The number of hydrogen-bond donors (Lipinski definition) is 2. The summed E-state index contributed by atoms with van der Waals surface area (Å²) in [6.45, 7) is 1.62. The van der Waals surface area contributed by atoms with Gasteiger partial charge >= 0.3 is 6.03 Å². The van der Waals surface area contributed by atoms with Gasteiger partial charge in [0.1, 0.15) is 11.5 Å². The summed E-state index contributed by atoms with van der Waals surface area (Å²) in [7, 11) is -3.44. The second kappa shape index (κ2) is 6.68. The van der Waals surface area contributed by atoms with Gasteiger partial charge in [-0.3, -0.25) is 0 Å². The number of fused-ring (bicyclic) bond motifs is 1. The van der Waals surface area contributed by atoms with E-state index in [2.05, 4.69) is 26.2 Å². The molecule has 9 nitrogen and oxygen atoms in total. The summed E-state index contributed by atoms with van der Waals surface area (Å²) in [5, 5.41) is 16.1. The SMILES string of the molecule is Cc1nnnn1-c1cc(NC(=O)NC2CS(=O)(=O)c3ccccc32)ccc1F. The number of tetrazole rings is 1. The molecule has 1 aliphatic rings. The number of aryl methyl sites for hydroxylation is 1. The summed E-state index contributed by atoms with van der Waals surface area (Å²) in [6.07, 6.45) is 0. The van der Waals surface area contributed by atoms with Gasteiger partial charge in [0.15, 0.2) is 15.7 Å². The van der Waals surface area contributed by atoms with Crippen LogP contribution in [0.3, 0.4) is 0 Å². The van der Waals surface area contributed by atoms with Gasteiger partial charge in [-0.1, -0.05) is 18.2 Å². The van der Waals surface area contributed by atoms with E-state index in [1.165, 1.54) is 28.9 Å². The zero-order chi connectivity index (χ0) is 19.9. The van der Waals surface area contributed by atoms with Crippen LogP contribution in [0.5, 0.6) is 0 Å². The predicted molar refractivity (Wildman–Crippen MR) is 97.2 cm³/mol. The second-order valence-electron chi connectivity index (χ2n) is 6.27. The summed E-state index contributed by atoms with van der Waals surface area (Å²) >= 11 is 0. The molecule has 2 heterocycles. The minimum Gasteiger partial charge on any atom is -0.330 e. The first kappa shape index (κ1) is 18.0. The van der Waals surface area contributed by atoms with E-state index in [0.29, 0.717) is 17.1 Å². The number of aromatic nitrogens is 4. The number of nitrogens with one attached hydrogen (secondary N) is 2. The van der Waals surface area contributed by atoms with Crippen LogP contribution in [0.4, 0.5) is 14.9 Å². The molecular formula is C17H15FN6O3S. The molecule has 1 aromatic heterocycles. The van der Waals surface area contributed by atoms with Gasteiger partial charge in [-0.05, 0) is 47.2 Å². The van der Waals surface area contributed by atoms with Crippen molar-refractivity contribution in [1.82, 2.24) is 25.5 Å². The molecule has 11 heteroatoms. The van der Waals surface area contributed by atoms with E-state index >= 15 is 0 Å². The quantitative estimate of drug-likeness (QED) is 0.689. The third-order valence-corrected chi connectivity index (χ3v) is 6.19. The molecule has 144 valence electrons. The summed E-state index contributed by atoms with van der Waals surface area (Å²) in [5.41, 5.74) is 0.925. The van der Waals surface area contributed by atoms with Crippen molar-refractivity contribution in [3.05, 3.63) is 59.7 Å². The lowest BCUT2D eigenvalue weighted by molar-refractivity contribution is 0.249. The molecule has 0 saturated heterocycles. The standard InChI is InChI=1S/C17H15FN6O3S/c1-10-21-22-23-24(10)15-8-11(6-7-13(15)18)19-17(25)20-14-9-28(26,27)16-5-3-2-4-12(14)16/h2-8,14H,9H2,1H3,(H2,19,20,25). The number of nitrogens with zero attached hydrogens (tertiary/aromatic N) is 4. The van der Waals surface area contributed by atoms with Gasteiger partial charge in [-0.2, -0.15) is 4.68 Å². The van der Waals surface area contributed by atoms with E-state index in [0.717, 1.165) is 0 Å². The minimum atomic E-state index is -3.44. The zero-order valence-corrected chi connectivity index (χ0v) is 15.4. The van der Waals surface area contributed by atoms with E-state index in [1.807, 2.05) is 0 Å². The third-order valence-electron chi connectivity index (χ3n) is 4.38. The van der Waals surface area contributed by atoms with Crippen LogP contribution in [0.25, 0.3) is 5.69 Å². The van der Waals surface area contributed by atoms with Crippen LogP contribution < -0.4 is 10.6 Å². The fraction of sp³-hybridized carbons (Fsp3) is 0.176. The lowest BCUT2D eigenvalue weighted by Crippen LogP contribution is -2.33. The first-order valence-corrected chi connectivity index (χ1v) is 9.94. The highest BCUT2D eigenvalue weighted by molar-refractivity contribution is 7.91. The summed E-state index contributed by atoms with van der Waals surface area (Å²) < 4.78 is 39.8. The van der Waals surface area contributed by atoms with Gasteiger partial charge < -0.3 is 10.6 Å². The molecule has 2 amide bonds. The molecule has 2 aromatic carbocycles. The van der Waals surface area contributed by atoms with Crippen LogP contribution in [0.2, 0.25) is 0 Å². The Bertz CT molecular complexity index is 1180. The summed E-state index contributed by atoms with van der Waals surface area (Å²) in [6, 6.07) is 9.22. The lowest BCUT2D eigenvalue weighted by Gasteiger charge is -2.14. The Morgan fingerprint density at radius 3 is 2.79 bits per heavy atom. The van der Waals surface area contributed by atoms with Crippen molar-refractivity contribution in [2.24, 2.45) is 0 Å². The number of carbonyl (C=O) groups is 1. The zero-order valence-electron chi connectivity index (χ0n) is 14.6. The second-order valence-corrected chi connectivity index (χ2v) is 8.28. The number of urea groups is 1. The molecule has 2 N–H and O–H groups in total. The number of anilines is 1. The third kappa shape index (κ3) is 3.20. The Morgan fingerprint density at radius 1 is 1.25 bits per heavy atom. The Morgan fingerprint density at radius 2 is 2.04 bits per heavy atom. The smallest absolute Gasteiger partial charge is 0.319 e. The predicted octanol–water partition coefficient (Wildman–Crippen LogP) is 1.76. The van der Waals surface area contributed by atoms with Crippen LogP contribution in [0, 0.1) is 12.7 Å². The van der Waals surface area contributed by atoms with Gasteiger partial charge in [0, 0.05) is 5.69 Å². The fourth-order valence-corrected chi connectivity index (χ4v) is 4.84. The Labute approximate surface area is 159 Å². The van der Waals surface area contributed by atoms with Gasteiger partial charge in [0.05, 0.1) is 16.7 Å². The monoisotopic (exact) mass is 402 g/mol. The van der Waals surface area contributed by atoms with Gasteiger partial charge in [0.2, 0.25) is 0 Å². The highest BCUT2D eigenvalue weighted by Gasteiger charge is 2.35. The van der Waals surface area contributed by atoms with E-state index in [-0.39, 0.29) is 16.3 Å². The number of carbonyl (C=O) groups excluding carboxylic acids is 1. The van der Waals surface area contributed by atoms with Crippen molar-refractivity contribution < 1.29 is 17.6 Å². The Kier molecular flexibility index (Phi) is 4.30. The molecule has 1 atom stereocenters. The number of sulfone groups is 1. The highest BCUT2D eigenvalue weighted by atomic mass is 32.2. The van der Waals surface area contributed by atoms with Crippen LogP contribution in [-0.4, -0.2) is 40.4 Å². The van der Waals surface area contributed by atoms with Crippen molar-refractivity contribution in [2.45, 2.75) is 17.9 Å². The van der Waals surface area contributed by atoms with Crippen molar-refractivity contribution in [3.63, 3.8) is 0 Å². The number of hydrogen-bond acceptors (Lipinski definition) is 6. The minimum absolute atomic E-state index is 0.0779. The fourth-order valence-electron chi connectivity index (χ4n) is 3.10. The van der Waals surface area contributed by atoms with Crippen LogP contribution >= 0.6 is 0 Å². The molecule has 3 aromatic rings. The average molecular weight is 402 g/mol. The summed E-state index contributed by atoms with van der Waals surface area (Å²) in [4.78, 5) is 12.6. The van der Waals surface area contributed by atoms with E-state index in [1.54, 1.807) is 25.1 Å². The van der Waals surface area contributed by atoms with Crippen molar-refractivity contribution in [1.29, 1.82) is 0 Å². The highest BCUT2D eigenvalue weighted by Crippen LogP contribution is 2.33. The van der Waals surface area contributed by atoms with Gasteiger partial charge in [-0.25, -0.2) is 17.6 Å². The number of halogens is 1. The number of amides is 2. The molecule has 0 saturated carbocycles. The van der Waals surface area contributed by atoms with E-state index < -0.39 is 27.7 Å². The molecule has 4 rings (SSSR count). The first-order valence-electron chi connectivity index (χ1n) is 8.29. The lowest BCUT2D eigenvalue weighted by atomic mass is 10.1. The molecular weight excluding hydrogens is 387 g/mol. The van der Waals surface area contributed by atoms with Crippen LogP contribution in [0.15, 0.2) is 47.4 Å². The number of benzene rings is 2. The van der Waals surface area contributed by atoms with Gasteiger partial charge in [0.25, 0.3) is 0 Å². The summed E-state index contributed by atoms with van der Waals surface area (Å²) in [5.74, 6) is -0.386. The van der Waals surface area contributed by atoms with Crippen LogP contribution in [-0.2, 0) is 9.84 Å². The molecule has 0 spiro atoms. The number of rotatable bonds is 3. The van der Waals surface area contributed by atoms with Crippen molar-refractivity contribution >= 4 is 21.6 Å². The Hall–Kier alpha value is -3.34. The van der Waals surface area contributed by atoms with E-state index in [9.17, 15) is 17.6 Å². The average Bonchev–Trinajstić information content (AvgIpc) is 3.18.